The van der Waals surface area contributed by atoms with E-state index in [0.717, 1.165) is 32.4 Å². The lowest BCUT2D eigenvalue weighted by Crippen LogP contribution is -2.39. The van der Waals surface area contributed by atoms with Crippen LogP contribution in [0.5, 0.6) is 0 Å². The maximum Gasteiger partial charge on any atom is 0.228 e. The quantitative estimate of drug-likeness (QED) is 0.867. The van der Waals surface area contributed by atoms with Crippen LogP contribution in [0.15, 0.2) is 47.4 Å². The van der Waals surface area contributed by atoms with Crippen molar-refractivity contribution >= 4 is 5.91 Å². The monoisotopic (exact) mass is 284 g/mol. The summed E-state index contributed by atoms with van der Waals surface area (Å²) in [7, 11) is 0. The molecule has 1 aromatic heterocycles. The molecule has 1 aliphatic heterocycles. The second-order valence-corrected chi connectivity index (χ2v) is 5.67. The highest BCUT2D eigenvalue weighted by molar-refractivity contribution is 5.78. The van der Waals surface area contributed by atoms with E-state index in [-0.39, 0.29) is 5.91 Å². The van der Waals surface area contributed by atoms with Gasteiger partial charge < -0.3 is 9.32 Å². The van der Waals surface area contributed by atoms with E-state index >= 15 is 0 Å². The van der Waals surface area contributed by atoms with Crippen LogP contribution in [0.1, 0.15) is 24.1 Å². The van der Waals surface area contributed by atoms with Gasteiger partial charge in [0, 0.05) is 13.1 Å². The van der Waals surface area contributed by atoms with Crippen molar-refractivity contribution in [1.29, 1.82) is 0 Å². The number of carbonyl (C=O) groups is 1. The zero-order valence-electron chi connectivity index (χ0n) is 12.1. The number of oxazole rings is 1. The summed E-state index contributed by atoms with van der Waals surface area (Å²) in [6.07, 6.45) is 6.54. The van der Waals surface area contributed by atoms with Crippen molar-refractivity contribution < 1.29 is 9.21 Å². The van der Waals surface area contributed by atoms with Crippen LogP contribution in [0.3, 0.4) is 0 Å². The molecule has 1 amide bonds. The van der Waals surface area contributed by atoms with Crippen molar-refractivity contribution in [3.05, 3.63) is 54.2 Å². The fraction of sp³-hybridized carbons (Fsp3) is 0.412. The van der Waals surface area contributed by atoms with Gasteiger partial charge in [0.05, 0.1) is 12.1 Å². The molecule has 0 N–H and O–H groups in total. The summed E-state index contributed by atoms with van der Waals surface area (Å²) in [5.74, 6) is 0.838. The molecule has 0 spiro atoms. The molecule has 0 atom stereocenters. The molecule has 1 aromatic carbocycles. The first-order chi connectivity index (χ1) is 10.3. The summed E-state index contributed by atoms with van der Waals surface area (Å²) >= 11 is 0. The summed E-state index contributed by atoms with van der Waals surface area (Å²) in [6.45, 7) is 1.71. The summed E-state index contributed by atoms with van der Waals surface area (Å²) in [5.41, 5.74) is 2.11. The first-order valence-electron chi connectivity index (χ1n) is 7.50. The number of hydrogen-bond donors (Lipinski definition) is 0. The third-order valence-corrected chi connectivity index (χ3v) is 4.15. The minimum Gasteiger partial charge on any atom is -0.451 e. The molecule has 4 heteroatoms. The molecule has 0 radical (unpaired) electrons. The lowest BCUT2D eigenvalue weighted by atomic mass is 9.90. The van der Waals surface area contributed by atoms with Gasteiger partial charge >= 0.3 is 0 Å². The van der Waals surface area contributed by atoms with Gasteiger partial charge in [0.2, 0.25) is 5.91 Å². The number of rotatable bonds is 4. The first kappa shape index (κ1) is 13.9. The molecule has 1 fully saturated rings. The molecule has 4 nitrogen and oxygen atoms in total. The molecule has 0 aliphatic carbocycles. The Balaban J connectivity index is 1.47. The minimum atomic E-state index is 0.155. The number of amides is 1. The van der Waals surface area contributed by atoms with Crippen LogP contribution in [0.2, 0.25) is 0 Å². The molecule has 1 aliphatic rings. The molecule has 0 saturated carbocycles. The molecule has 1 saturated heterocycles. The van der Waals surface area contributed by atoms with Crippen molar-refractivity contribution in [3.8, 4) is 0 Å². The number of hydrogen-bond acceptors (Lipinski definition) is 3. The minimum absolute atomic E-state index is 0.155. The maximum absolute atomic E-state index is 12.2. The van der Waals surface area contributed by atoms with Gasteiger partial charge in [-0.25, -0.2) is 4.98 Å². The summed E-state index contributed by atoms with van der Waals surface area (Å²) in [4.78, 5) is 18.1. The first-order valence-corrected chi connectivity index (χ1v) is 7.50. The average molecular weight is 284 g/mol. The highest BCUT2D eigenvalue weighted by Gasteiger charge is 2.23. The van der Waals surface area contributed by atoms with Crippen LogP contribution in [0.25, 0.3) is 0 Å². The lowest BCUT2D eigenvalue weighted by molar-refractivity contribution is -0.131. The largest absolute Gasteiger partial charge is 0.451 e. The number of benzene rings is 1. The van der Waals surface area contributed by atoms with Crippen molar-refractivity contribution in [2.45, 2.75) is 25.7 Å². The molecule has 3 rings (SSSR count). The average Bonchev–Trinajstić information content (AvgIpc) is 3.02. The Labute approximate surface area is 124 Å². The van der Waals surface area contributed by atoms with Crippen LogP contribution in [0, 0.1) is 5.92 Å². The van der Waals surface area contributed by atoms with Gasteiger partial charge in [0.15, 0.2) is 6.39 Å². The molecule has 2 heterocycles. The van der Waals surface area contributed by atoms with Crippen molar-refractivity contribution in [2.24, 2.45) is 5.92 Å². The van der Waals surface area contributed by atoms with Crippen LogP contribution in [-0.2, 0) is 17.6 Å². The number of carbonyl (C=O) groups excluding carboxylic acids is 1. The predicted molar refractivity (Wildman–Crippen MR) is 79.7 cm³/mol. The van der Waals surface area contributed by atoms with E-state index in [1.54, 1.807) is 6.26 Å². The molecule has 0 unspecified atom stereocenters. The highest BCUT2D eigenvalue weighted by Crippen LogP contribution is 2.22. The smallest absolute Gasteiger partial charge is 0.228 e. The van der Waals surface area contributed by atoms with E-state index < -0.39 is 0 Å². The molecule has 21 heavy (non-hydrogen) atoms. The van der Waals surface area contributed by atoms with E-state index in [1.807, 2.05) is 4.90 Å². The standard InChI is InChI=1S/C17H20N2O2/c20-17(11-16-12-21-13-18-16)19-8-6-15(7-9-19)10-14-4-2-1-3-5-14/h1-5,12-13,15H,6-11H2. The van der Waals surface area contributed by atoms with Crippen LogP contribution < -0.4 is 0 Å². The van der Waals surface area contributed by atoms with E-state index in [4.69, 9.17) is 4.42 Å². The van der Waals surface area contributed by atoms with Gasteiger partial charge in [-0.1, -0.05) is 30.3 Å². The van der Waals surface area contributed by atoms with Crippen molar-refractivity contribution in [1.82, 2.24) is 9.88 Å². The summed E-state index contributed by atoms with van der Waals surface area (Å²) in [5, 5.41) is 0. The number of nitrogens with zero attached hydrogens (tertiary/aromatic N) is 2. The fourth-order valence-electron chi connectivity index (χ4n) is 2.93. The number of piperidine rings is 1. The zero-order chi connectivity index (χ0) is 14.5. The van der Waals surface area contributed by atoms with E-state index in [9.17, 15) is 4.79 Å². The molecular formula is C17H20N2O2. The van der Waals surface area contributed by atoms with Gasteiger partial charge in [0.1, 0.15) is 6.26 Å². The van der Waals surface area contributed by atoms with Crippen LogP contribution in [0.4, 0.5) is 0 Å². The van der Waals surface area contributed by atoms with Gasteiger partial charge in [-0.05, 0) is 30.7 Å². The van der Waals surface area contributed by atoms with E-state index in [1.165, 1.54) is 12.0 Å². The number of likely N-dealkylation sites (tertiary alicyclic amines) is 1. The lowest BCUT2D eigenvalue weighted by Gasteiger charge is -2.32. The second-order valence-electron chi connectivity index (χ2n) is 5.67. The molecule has 2 aromatic rings. The predicted octanol–water partition coefficient (Wildman–Crippen LogP) is 2.70. The van der Waals surface area contributed by atoms with Gasteiger partial charge in [-0.3, -0.25) is 4.79 Å². The van der Waals surface area contributed by atoms with Crippen molar-refractivity contribution in [2.75, 3.05) is 13.1 Å². The Hall–Kier alpha value is -2.10. The summed E-state index contributed by atoms with van der Waals surface area (Å²) < 4.78 is 4.90. The number of aromatic nitrogens is 1. The molecular weight excluding hydrogens is 264 g/mol. The topological polar surface area (TPSA) is 46.3 Å². The Morgan fingerprint density at radius 3 is 2.67 bits per heavy atom. The second kappa shape index (κ2) is 6.57. The molecule has 110 valence electrons. The Morgan fingerprint density at radius 1 is 1.24 bits per heavy atom. The normalized spacial score (nSPS) is 16.1. The zero-order valence-corrected chi connectivity index (χ0v) is 12.1. The van der Waals surface area contributed by atoms with E-state index in [0.29, 0.717) is 18.0 Å². The van der Waals surface area contributed by atoms with Crippen molar-refractivity contribution in [3.63, 3.8) is 0 Å². The SMILES string of the molecule is O=C(Cc1cocn1)N1CCC(Cc2ccccc2)CC1. The third-order valence-electron chi connectivity index (χ3n) is 4.15. The maximum atomic E-state index is 12.2. The Kier molecular flexibility index (Phi) is 4.34. The van der Waals surface area contributed by atoms with Gasteiger partial charge in [-0.15, -0.1) is 0 Å². The highest BCUT2D eigenvalue weighted by atomic mass is 16.3. The van der Waals surface area contributed by atoms with Gasteiger partial charge in [-0.2, -0.15) is 0 Å². The Morgan fingerprint density at radius 2 is 2.00 bits per heavy atom. The Bertz CT molecular complexity index is 558. The van der Waals surface area contributed by atoms with Gasteiger partial charge in [0.25, 0.3) is 0 Å². The molecule has 0 bridgehead atoms. The summed E-state index contributed by atoms with van der Waals surface area (Å²) in [6, 6.07) is 10.6. The third kappa shape index (κ3) is 3.72. The van der Waals surface area contributed by atoms with Crippen LogP contribution >= 0.6 is 0 Å². The fourth-order valence-corrected chi connectivity index (χ4v) is 2.93. The van der Waals surface area contributed by atoms with E-state index in [2.05, 4.69) is 35.3 Å². The van der Waals surface area contributed by atoms with Crippen LogP contribution in [-0.4, -0.2) is 28.9 Å².